The highest BCUT2D eigenvalue weighted by atomic mass is 19.4. The lowest BCUT2D eigenvalue weighted by atomic mass is 10.2. The van der Waals surface area contributed by atoms with Crippen LogP contribution in [-0.2, 0) is 12.4 Å². The molecule has 0 aliphatic carbocycles. The van der Waals surface area contributed by atoms with Crippen molar-refractivity contribution in [2.45, 2.75) is 12.4 Å². The number of alkyl halides is 6. The Morgan fingerprint density at radius 3 is 1.46 bits per heavy atom. The standard InChI is InChI=1S/C7H4F3N3O.C6H3F3N4O.C6H5N3O.C6H4N2O5.2C6H5NO3.C5H4N4O/c8-7(9,10)4-1-2-5-6(3-4)13(14)12-11-5;7-6(8,9)4-2-1-3-5(10-4)13(14)12-11-3;10-9-6-4-2-1-3-5(6)7-8-9;9-6-2-1-4(7(10)11)3-5(6)8(12)13;8-6-3-1-5(2-4-6)7(9)10;8-6-4-2-1-3-5(6)7(9)10;10-9-5-4(7-8-9)2-1-3-6-5/h1-3,14H;1-2,14H;1-4,10H;1-3,9H;2*1-4,8H;1-3,10H. The van der Waals surface area contributed by atoms with E-state index in [2.05, 4.69) is 51.2 Å². The Balaban J connectivity index is 0.000000174. The molecule has 6 heterocycles. The van der Waals surface area contributed by atoms with Gasteiger partial charge >= 0.3 is 23.7 Å². The third kappa shape index (κ3) is 16.4. The zero-order valence-corrected chi connectivity index (χ0v) is 39.5. The predicted octanol–water partition coefficient (Wildman–Crippen LogP) is 7.31. The Bertz CT molecular complexity index is 3810. The Morgan fingerprint density at radius 1 is 0.432 bits per heavy atom. The van der Waals surface area contributed by atoms with Crippen molar-refractivity contribution in [3.05, 3.63) is 191 Å². The van der Waals surface area contributed by atoms with Crippen molar-refractivity contribution in [3.63, 3.8) is 0 Å². The summed E-state index contributed by atoms with van der Waals surface area (Å²) in [5.41, 5.74) is -1.11. The molecule has 0 atom stereocenters. The molecule has 7 N–H and O–H groups in total. The number of nitro benzene ring substituents is 4. The number of non-ortho nitro benzene ring substituents is 2. The summed E-state index contributed by atoms with van der Waals surface area (Å²) in [7, 11) is 0. The number of para-hydroxylation sites is 3. The van der Waals surface area contributed by atoms with Crippen molar-refractivity contribution in [1.29, 1.82) is 0 Å². The molecule has 39 heteroatoms. The van der Waals surface area contributed by atoms with E-state index in [1.807, 2.05) is 12.1 Å². The molecule has 0 saturated carbocycles. The van der Waals surface area contributed by atoms with E-state index in [4.69, 9.17) is 36.1 Å². The molecule has 0 spiro atoms. The number of hydrogen-bond donors (Lipinski definition) is 7. The molecule has 0 amide bonds. The van der Waals surface area contributed by atoms with E-state index in [9.17, 15) is 66.8 Å². The first-order valence-electron chi connectivity index (χ1n) is 21.1. The molecule has 0 unspecified atom stereocenters. The van der Waals surface area contributed by atoms with E-state index in [1.165, 1.54) is 48.5 Å². The Labute approximate surface area is 440 Å². The molecule has 5 aromatic carbocycles. The lowest BCUT2D eigenvalue weighted by Crippen LogP contribution is -2.08. The lowest BCUT2D eigenvalue weighted by molar-refractivity contribution is -0.394. The van der Waals surface area contributed by atoms with Crippen LogP contribution in [0, 0.1) is 40.5 Å². The van der Waals surface area contributed by atoms with Crippen molar-refractivity contribution in [3.8, 4) is 17.2 Å². The van der Waals surface area contributed by atoms with Gasteiger partial charge in [0.15, 0.2) is 11.5 Å². The van der Waals surface area contributed by atoms with Crippen LogP contribution >= 0.6 is 0 Å². The first-order valence-corrected chi connectivity index (χ1v) is 21.1. The highest BCUT2D eigenvalue weighted by Gasteiger charge is 2.33. The molecule has 33 nitrogen and oxygen atoms in total. The highest BCUT2D eigenvalue weighted by molar-refractivity contribution is 5.75. The normalized spacial score (nSPS) is 10.6. The molecular formula is C42H30F6N18O15. The average molecular weight is 1140 g/mol. The third-order valence-corrected chi connectivity index (χ3v) is 9.36. The van der Waals surface area contributed by atoms with Gasteiger partial charge in [-0.25, -0.2) is 9.97 Å². The van der Waals surface area contributed by atoms with Crippen molar-refractivity contribution in [1.82, 2.24) is 70.6 Å². The van der Waals surface area contributed by atoms with E-state index < -0.39 is 60.4 Å². The van der Waals surface area contributed by atoms with Gasteiger partial charge in [0.05, 0.1) is 31.3 Å². The number of aromatic nitrogens is 14. The molecule has 0 fully saturated rings. The molecule has 11 aromatic rings. The van der Waals surface area contributed by atoms with Crippen molar-refractivity contribution < 1.29 is 82.2 Å². The van der Waals surface area contributed by atoms with Gasteiger partial charge in [-0.05, 0) is 99.7 Å². The fraction of sp³-hybridized carbons (Fsp3) is 0.0476. The van der Waals surface area contributed by atoms with Crippen LogP contribution in [0.3, 0.4) is 0 Å². The van der Waals surface area contributed by atoms with Crippen LogP contribution in [0.15, 0.2) is 140 Å². The van der Waals surface area contributed by atoms with Gasteiger partial charge in [-0.15, -0.1) is 20.4 Å². The molecule has 0 aliphatic rings. The van der Waals surface area contributed by atoms with Crippen LogP contribution in [0.1, 0.15) is 11.3 Å². The number of nitrogens with zero attached hydrogens (tertiary/aromatic N) is 18. The van der Waals surface area contributed by atoms with Crippen molar-refractivity contribution in [2.75, 3.05) is 0 Å². The minimum absolute atomic E-state index is 0.0159. The second-order valence-electron chi connectivity index (χ2n) is 14.7. The second kappa shape index (κ2) is 26.0. The Kier molecular flexibility index (Phi) is 19.2. The summed E-state index contributed by atoms with van der Waals surface area (Å²) in [4.78, 5) is 46.6. The summed E-state index contributed by atoms with van der Waals surface area (Å²) in [5, 5.41) is 130. The van der Waals surface area contributed by atoms with Crippen molar-refractivity contribution in [2.24, 2.45) is 0 Å². The minimum atomic E-state index is -4.54. The second-order valence-corrected chi connectivity index (χ2v) is 14.7. The maximum absolute atomic E-state index is 12.2. The van der Waals surface area contributed by atoms with E-state index in [-0.39, 0.29) is 49.9 Å². The molecule has 0 aliphatic heterocycles. The monoisotopic (exact) mass is 1140 g/mol. The number of nitro groups is 4. The van der Waals surface area contributed by atoms with Gasteiger partial charge in [0.1, 0.15) is 44.5 Å². The molecule has 0 saturated heterocycles. The van der Waals surface area contributed by atoms with Crippen molar-refractivity contribution >= 4 is 67.1 Å². The molecule has 6 aromatic heterocycles. The number of phenols is 3. The van der Waals surface area contributed by atoms with Crippen LogP contribution in [0.25, 0.3) is 44.4 Å². The maximum atomic E-state index is 12.2. The Morgan fingerprint density at radius 2 is 0.914 bits per heavy atom. The van der Waals surface area contributed by atoms with E-state index >= 15 is 0 Å². The van der Waals surface area contributed by atoms with E-state index in [0.717, 1.165) is 47.3 Å². The van der Waals surface area contributed by atoms with Gasteiger partial charge in [0, 0.05) is 30.5 Å². The highest BCUT2D eigenvalue weighted by Crippen LogP contribution is 2.32. The van der Waals surface area contributed by atoms with Gasteiger partial charge in [0.2, 0.25) is 11.3 Å². The molecule has 81 heavy (non-hydrogen) atoms. The quantitative estimate of drug-likeness (QED) is 0.0393. The maximum Gasteiger partial charge on any atom is 0.433 e. The van der Waals surface area contributed by atoms with Gasteiger partial charge in [0.25, 0.3) is 11.4 Å². The first-order chi connectivity index (χ1) is 38.2. The minimum Gasteiger partial charge on any atom is -0.508 e. The third-order valence-electron chi connectivity index (χ3n) is 9.36. The number of hydrogen-bond acceptors (Lipinski definition) is 25. The zero-order chi connectivity index (χ0) is 59.8. The number of fused-ring (bicyclic) bond motifs is 4. The fourth-order valence-electron chi connectivity index (χ4n) is 5.61. The topological polar surface area (TPSA) is 463 Å². The van der Waals surface area contributed by atoms with Gasteiger partial charge in [-0.2, -0.15) is 26.3 Å². The molecular weight excluding hydrogens is 1110 g/mol. The number of phenolic OH excluding ortho intramolecular Hbond substituents is 3. The number of aromatic hydroxyl groups is 3. The molecule has 0 bridgehead atoms. The Hall–Kier alpha value is -12.2. The SMILES string of the molecule is O=[N+]([O-])c1ccc(O)c([N+](=O)[O-])c1.O=[N+]([O-])c1ccc(O)cc1.O=[N+]([O-])c1ccccc1O.On1nnc2ccc(C(F)(F)F)cc21.On1nnc2ccc(C(F)(F)F)nc21.On1nnc2ccccc21.On1nnc2cccnc21. The van der Waals surface area contributed by atoms with E-state index in [0.29, 0.717) is 38.0 Å². The summed E-state index contributed by atoms with van der Waals surface area (Å²) in [6, 6.07) is 28.5. The smallest absolute Gasteiger partial charge is 0.433 e. The summed E-state index contributed by atoms with van der Waals surface area (Å²) in [6.45, 7) is 0. The summed E-state index contributed by atoms with van der Waals surface area (Å²) >= 11 is 0. The lowest BCUT2D eigenvalue weighted by Gasteiger charge is -2.05. The van der Waals surface area contributed by atoms with E-state index in [1.54, 1.807) is 30.5 Å². The van der Waals surface area contributed by atoms with Gasteiger partial charge in [-0.3, -0.25) is 40.5 Å². The van der Waals surface area contributed by atoms with Crippen LogP contribution < -0.4 is 0 Å². The largest absolute Gasteiger partial charge is 0.508 e. The summed E-state index contributed by atoms with van der Waals surface area (Å²) in [5.74, 6) is -0.853. The molecule has 0 radical (unpaired) electrons. The van der Waals surface area contributed by atoms with Crippen LogP contribution in [0.5, 0.6) is 17.2 Å². The summed E-state index contributed by atoms with van der Waals surface area (Å²) < 4.78 is 73.1. The molecule has 11 rings (SSSR count). The predicted molar refractivity (Wildman–Crippen MR) is 255 cm³/mol. The molecule has 420 valence electrons. The zero-order valence-electron chi connectivity index (χ0n) is 39.5. The number of halogens is 6. The van der Waals surface area contributed by atoms with Crippen LogP contribution in [-0.4, -0.2) is 126 Å². The fourth-order valence-corrected chi connectivity index (χ4v) is 5.61. The number of benzene rings is 5. The number of pyridine rings is 2. The van der Waals surface area contributed by atoms with Crippen LogP contribution in [0.4, 0.5) is 49.1 Å². The van der Waals surface area contributed by atoms with Gasteiger partial charge in [-0.1, -0.05) is 43.6 Å². The van der Waals surface area contributed by atoms with Gasteiger partial charge < -0.3 is 36.1 Å². The van der Waals surface area contributed by atoms with Crippen LogP contribution in [0.2, 0.25) is 0 Å². The first kappa shape index (κ1) is 59.7. The average Bonchev–Trinajstić information content (AvgIpc) is 4.22. The summed E-state index contributed by atoms with van der Waals surface area (Å²) in [6.07, 6.45) is -7.41. The number of rotatable bonds is 4.